The molecule has 10 heteroatoms. The average Bonchev–Trinajstić information content (AvgIpc) is 3.43. The summed E-state index contributed by atoms with van der Waals surface area (Å²) in [6.07, 6.45) is 6.88. The number of nitrogen functional groups attached to an aromatic ring is 1. The number of aliphatic carboxylic acids is 1. The Hall–Kier alpha value is -2.49. The molecule has 1 atom stereocenters. The van der Waals surface area contributed by atoms with E-state index in [4.69, 9.17) is 15.6 Å². The Morgan fingerprint density at radius 2 is 1.65 bits per heavy atom. The lowest BCUT2D eigenvalue weighted by atomic mass is 9.73. The van der Waals surface area contributed by atoms with Gasteiger partial charge in [-0.15, -0.1) is 0 Å². The first-order valence-corrected chi connectivity index (χ1v) is 13.5. The number of hydrogen-bond donors (Lipinski definition) is 2. The number of carboxylic acids is 1. The number of carbonyl (C=O) groups is 2. The molecule has 3 saturated heterocycles. The van der Waals surface area contributed by atoms with E-state index in [1.54, 1.807) is 0 Å². The standard InChI is InChI=1S/C25H38N4O.C2HF3O2/c1-19-6-5-14-28(19)20-9-15-27(16-10-20)21-7-8-23(22(26)18-21)29-17-13-25(24(29)30)11-3-2-4-12-25;3-2(4,5)1(6)7/h7-8,18-20H,2-6,9-17,26H2,1H3;(H,6,7)/t19-;/m0./s1. The number of benzene rings is 1. The molecule has 0 radical (unpaired) electrons. The van der Waals surface area contributed by atoms with E-state index in [-0.39, 0.29) is 5.41 Å². The number of halogens is 3. The molecule has 1 saturated carbocycles. The molecule has 0 bridgehead atoms. The van der Waals surface area contributed by atoms with Crippen LogP contribution in [-0.2, 0) is 9.59 Å². The van der Waals surface area contributed by atoms with Gasteiger partial charge in [-0.3, -0.25) is 9.69 Å². The summed E-state index contributed by atoms with van der Waals surface area (Å²) in [6, 6.07) is 7.88. The van der Waals surface area contributed by atoms with Crippen LogP contribution in [0, 0.1) is 5.41 Å². The van der Waals surface area contributed by atoms with Gasteiger partial charge >= 0.3 is 12.1 Å². The molecule has 0 unspecified atom stereocenters. The molecular weight excluding hydrogens is 485 g/mol. The van der Waals surface area contributed by atoms with Crippen molar-refractivity contribution in [3.63, 3.8) is 0 Å². The smallest absolute Gasteiger partial charge is 0.475 e. The first-order chi connectivity index (χ1) is 17.5. The number of nitrogens with two attached hydrogens (primary N) is 1. The number of carbonyl (C=O) groups excluding carboxylic acids is 1. The summed E-state index contributed by atoms with van der Waals surface area (Å²) in [4.78, 5) is 29.3. The second-order valence-electron chi connectivity index (χ2n) is 11.0. The minimum absolute atomic E-state index is 0.0993. The lowest BCUT2D eigenvalue weighted by Crippen LogP contribution is -2.46. The Balaban J connectivity index is 0.000000405. The molecule has 37 heavy (non-hydrogen) atoms. The van der Waals surface area contributed by atoms with E-state index in [1.807, 2.05) is 4.90 Å². The third kappa shape index (κ3) is 5.99. The predicted molar refractivity (Wildman–Crippen MR) is 138 cm³/mol. The van der Waals surface area contributed by atoms with Crippen molar-refractivity contribution in [2.24, 2.45) is 5.41 Å². The SMILES string of the molecule is C[C@H]1CCCN1C1CCN(c2ccc(N3CCC4(CCCCC4)C3=O)c(N)c2)CC1.O=C(O)C(F)(F)F. The molecule has 4 aliphatic rings. The van der Waals surface area contributed by atoms with Gasteiger partial charge in [-0.1, -0.05) is 19.3 Å². The van der Waals surface area contributed by atoms with Crippen LogP contribution in [0.15, 0.2) is 18.2 Å². The van der Waals surface area contributed by atoms with Crippen LogP contribution < -0.4 is 15.5 Å². The fourth-order valence-electron chi connectivity index (χ4n) is 6.68. The number of rotatable bonds is 3. The number of anilines is 3. The number of likely N-dealkylation sites (tertiary alicyclic amines) is 1. The normalized spacial score (nSPS) is 24.9. The van der Waals surface area contributed by atoms with Crippen molar-refractivity contribution in [2.45, 2.75) is 89.4 Å². The van der Waals surface area contributed by atoms with Crippen molar-refractivity contribution in [3.8, 4) is 0 Å². The highest BCUT2D eigenvalue weighted by Crippen LogP contribution is 2.47. The van der Waals surface area contributed by atoms with Crippen LogP contribution >= 0.6 is 0 Å². The minimum atomic E-state index is -5.08. The summed E-state index contributed by atoms with van der Waals surface area (Å²) >= 11 is 0. The van der Waals surface area contributed by atoms with Gasteiger partial charge in [-0.05, 0) is 76.6 Å². The molecule has 7 nitrogen and oxygen atoms in total. The zero-order valence-corrected chi connectivity index (χ0v) is 21.6. The molecule has 1 amide bonds. The molecule has 1 aliphatic carbocycles. The number of amides is 1. The van der Waals surface area contributed by atoms with Crippen molar-refractivity contribution in [2.75, 3.05) is 41.7 Å². The van der Waals surface area contributed by atoms with Gasteiger partial charge in [0.25, 0.3) is 0 Å². The molecule has 1 aromatic carbocycles. The number of piperidine rings is 1. The minimum Gasteiger partial charge on any atom is -0.475 e. The number of alkyl halides is 3. The highest BCUT2D eigenvalue weighted by molar-refractivity contribution is 6.02. The third-order valence-electron chi connectivity index (χ3n) is 8.77. The molecule has 1 spiro atoms. The summed E-state index contributed by atoms with van der Waals surface area (Å²) in [5.74, 6) is -2.44. The zero-order valence-electron chi connectivity index (χ0n) is 21.6. The van der Waals surface area contributed by atoms with Gasteiger partial charge in [0.05, 0.1) is 16.8 Å². The maximum absolute atomic E-state index is 13.3. The van der Waals surface area contributed by atoms with Crippen LogP contribution in [0.1, 0.15) is 71.1 Å². The Kier molecular flexibility index (Phi) is 8.26. The molecule has 3 N–H and O–H groups in total. The predicted octanol–water partition coefficient (Wildman–Crippen LogP) is 5.04. The number of carboxylic acid groups (broad SMARTS) is 1. The molecule has 3 aliphatic heterocycles. The first-order valence-electron chi connectivity index (χ1n) is 13.5. The maximum atomic E-state index is 13.3. The van der Waals surface area contributed by atoms with Gasteiger partial charge in [0, 0.05) is 37.4 Å². The monoisotopic (exact) mass is 524 g/mol. The van der Waals surface area contributed by atoms with Gasteiger partial charge in [0.1, 0.15) is 0 Å². The van der Waals surface area contributed by atoms with Crippen molar-refractivity contribution in [1.29, 1.82) is 0 Å². The van der Waals surface area contributed by atoms with Crippen LogP contribution in [0.3, 0.4) is 0 Å². The molecule has 3 heterocycles. The summed E-state index contributed by atoms with van der Waals surface area (Å²) in [6.45, 7) is 6.67. The fraction of sp³-hybridized carbons (Fsp3) is 0.704. The average molecular weight is 525 g/mol. The summed E-state index contributed by atoms with van der Waals surface area (Å²) < 4.78 is 31.7. The largest absolute Gasteiger partial charge is 0.490 e. The molecule has 5 rings (SSSR count). The van der Waals surface area contributed by atoms with E-state index in [0.717, 1.165) is 62.4 Å². The lowest BCUT2D eigenvalue weighted by Gasteiger charge is -2.39. The van der Waals surface area contributed by atoms with Crippen molar-refractivity contribution >= 4 is 28.9 Å². The summed E-state index contributed by atoms with van der Waals surface area (Å²) in [7, 11) is 0. The van der Waals surface area contributed by atoms with Gasteiger partial charge in [-0.2, -0.15) is 13.2 Å². The Bertz CT molecular complexity index is 972. The molecule has 1 aromatic rings. The van der Waals surface area contributed by atoms with E-state index in [2.05, 4.69) is 34.9 Å². The summed E-state index contributed by atoms with van der Waals surface area (Å²) in [5.41, 5.74) is 9.29. The van der Waals surface area contributed by atoms with Gasteiger partial charge in [0.2, 0.25) is 5.91 Å². The van der Waals surface area contributed by atoms with Gasteiger partial charge in [0.15, 0.2) is 0 Å². The maximum Gasteiger partial charge on any atom is 0.490 e. The van der Waals surface area contributed by atoms with Crippen LogP contribution in [-0.4, -0.2) is 66.3 Å². The highest BCUT2D eigenvalue weighted by atomic mass is 19.4. The number of hydrogen-bond acceptors (Lipinski definition) is 5. The van der Waals surface area contributed by atoms with Crippen LogP contribution in [0.2, 0.25) is 0 Å². The van der Waals surface area contributed by atoms with E-state index < -0.39 is 12.1 Å². The van der Waals surface area contributed by atoms with Gasteiger partial charge in [-0.25, -0.2) is 4.79 Å². The van der Waals surface area contributed by atoms with E-state index in [0.29, 0.717) is 5.91 Å². The molecular formula is C27H39F3N4O3. The van der Waals surface area contributed by atoms with Crippen LogP contribution in [0.4, 0.5) is 30.2 Å². The zero-order chi connectivity index (χ0) is 26.8. The van der Waals surface area contributed by atoms with Crippen molar-refractivity contribution in [1.82, 2.24) is 4.90 Å². The number of nitrogens with zero attached hydrogens (tertiary/aromatic N) is 3. The fourth-order valence-corrected chi connectivity index (χ4v) is 6.68. The first kappa shape index (κ1) is 27.5. The van der Waals surface area contributed by atoms with Crippen LogP contribution in [0.25, 0.3) is 0 Å². The lowest BCUT2D eigenvalue weighted by molar-refractivity contribution is -0.192. The Morgan fingerprint density at radius 3 is 2.19 bits per heavy atom. The summed E-state index contributed by atoms with van der Waals surface area (Å²) in [5, 5.41) is 7.12. The Morgan fingerprint density at radius 1 is 1.00 bits per heavy atom. The van der Waals surface area contributed by atoms with E-state index in [9.17, 15) is 18.0 Å². The molecule has 0 aromatic heterocycles. The van der Waals surface area contributed by atoms with E-state index >= 15 is 0 Å². The third-order valence-corrected chi connectivity index (χ3v) is 8.77. The van der Waals surface area contributed by atoms with Crippen LogP contribution in [0.5, 0.6) is 0 Å². The van der Waals surface area contributed by atoms with Gasteiger partial charge < -0.3 is 20.6 Å². The highest BCUT2D eigenvalue weighted by Gasteiger charge is 2.47. The molecule has 206 valence electrons. The van der Waals surface area contributed by atoms with E-state index in [1.165, 1.54) is 57.2 Å². The topological polar surface area (TPSA) is 90.1 Å². The van der Waals surface area contributed by atoms with Crippen molar-refractivity contribution in [3.05, 3.63) is 18.2 Å². The second kappa shape index (κ2) is 11.1. The quantitative estimate of drug-likeness (QED) is 0.539. The Labute approximate surface area is 216 Å². The van der Waals surface area contributed by atoms with Crippen molar-refractivity contribution < 1.29 is 27.9 Å². The molecule has 4 fully saturated rings. The second-order valence-corrected chi connectivity index (χ2v) is 11.0.